The summed E-state index contributed by atoms with van der Waals surface area (Å²) in [5.74, 6) is -1.24. The Labute approximate surface area is 92.9 Å². The number of aliphatic hydroxyl groups is 1. The van der Waals surface area contributed by atoms with E-state index in [1.807, 2.05) is 0 Å². The minimum Gasteiger partial charge on any atom is -0.396 e. The highest BCUT2D eigenvalue weighted by atomic mass is 19.1. The monoisotopic (exact) mass is 228 g/mol. The molecule has 1 N–H and O–H groups in total. The number of aliphatic hydroxyl groups excluding tert-OH is 1. The van der Waals surface area contributed by atoms with Crippen LogP contribution in [-0.4, -0.2) is 18.3 Å². The minimum atomic E-state index is -0.820. The second-order valence-corrected chi connectivity index (χ2v) is 4.78. The average molecular weight is 228 g/mol. The van der Waals surface area contributed by atoms with Gasteiger partial charge >= 0.3 is 0 Å². The van der Waals surface area contributed by atoms with Crippen molar-refractivity contribution in [1.29, 1.82) is 0 Å². The van der Waals surface area contributed by atoms with Crippen LogP contribution in [0.15, 0.2) is 18.2 Å². The number of halogens is 2. The summed E-state index contributed by atoms with van der Waals surface area (Å²) < 4.78 is 31.8. The molecule has 1 aromatic rings. The summed E-state index contributed by atoms with van der Waals surface area (Å²) in [5.41, 5.74) is -1.10. The lowest BCUT2D eigenvalue weighted by Crippen LogP contribution is -2.35. The molecule has 0 aromatic heterocycles. The molecular weight excluding hydrogens is 214 g/mol. The first-order chi connectivity index (χ1) is 7.43. The van der Waals surface area contributed by atoms with Crippen LogP contribution in [0.3, 0.4) is 0 Å². The molecule has 1 aliphatic heterocycles. The van der Waals surface area contributed by atoms with Crippen LogP contribution in [-0.2, 0) is 10.3 Å². The molecule has 1 heterocycles. The Balaban J connectivity index is 2.45. The molecule has 4 heteroatoms. The summed E-state index contributed by atoms with van der Waals surface area (Å²) in [6, 6.07) is 3.43. The molecule has 0 saturated carbocycles. The quantitative estimate of drug-likeness (QED) is 0.804. The van der Waals surface area contributed by atoms with Crippen LogP contribution in [0.1, 0.15) is 19.4 Å². The molecular formula is C12H14F2O2. The molecule has 0 bridgehead atoms. The molecule has 1 unspecified atom stereocenters. The van der Waals surface area contributed by atoms with Gasteiger partial charge in [0, 0.05) is 17.0 Å². The van der Waals surface area contributed by atoms with Crippen LogP contribution in [0.25, 0.3) is 0 Å². The standard InChI is InChI=1S/C12H14F2O2/c1-11(2,6-15)12(7-16-12)9-4-3-8(13)5-10(9)14/h3-5,15H,6-7H2,1-2H3. The number of epoxide rings is 1. The van der Waals surface area contributed by atoms with E-state index in [0.717, 1.165) is 6.07 Å². The first-order valence-electron chi connectivity index (χ1n) is 5.13. The summed E-state index contributed by atoms with van der Waals surface area (Å²) in [6.45, 7) is 3.82. The summed E-state index contributed by atoms with van der Waals surface area (Å²) in [5, 5.41) is 9.30. The van der Waals surface area contributed by atoms with Gasteiger partial charge in [0.05, 0.1) is 13.2 Å². The molecule has 0 amide bonds. The van der Waals surface area contributed by atoms with E-state index in [0.29, 0.717) is 12.2 Å². The molecule has 0 aliphatic carbocycles. The van der Waals surface area contributed by atoms with Crippen LogP contribution in [0.5, 0.6) is 0 Å². The average Bonchev–Trinajstić information content (AvgIpc) is 2.99. The fourth-order valence-corrected chi connectivity index (χ4v) is 1.93. The number of rotatable bonds is 3. The van der Waals surface area contributed by atoms with Gasteiger partial charge in [-0.05, 0) is 6.07 Å². The second kappa shape index (κ2) is 3.50. The van der Waals surface area contributed by atoms with Gasteiger partial charge < -0.3 is 9.84 Å². The lowest BCUT2D eigenvalue weighted by molar-refractivity contribution is 0.0598. The molecule has 0 spiro atoms. The lowest BCUT2D eigenvalue weighted by Gasteiger charge is -2.30. The highest BCUT2D eigenvalue weighted by Crippen LogP contribution is 2.53. The third-order valence-corrected chi connectivity index (χ3v) is 3.29. The zero-order valence-corrected chi connectivity index (χ0v) is 9.26. The van der Waals surface area contributed by atoms with Crippen LogP contribution >= 0.6 is 0 Å². The fourth-order valence-electron chi connectivity index (χ4n) is 1.93. The molecule has 2 rings (SSSR count). The number of hydrogen-bond acceptors (Lipinski definition) is 2. The van der Waals surface area contributed by atoms with Crippen LogP contribution in [0, 0.1) is 17.0 Å². The van der Waals surface area contributed by atoms with Crippen molar-refractivity contribution in [3.05, 3.63) is 35.4 Å². The van der Waals surface area contributed by atoms with Crippen LogP contribution in [0.4, 0.5) is 8.78 Å². The van der Waals surface area contributed by atoms with Gasteiger partial charge in [-0.2, -0.15) is 0 Å². The normalized spacial score (nSPS) is 24.6. The molecule has 16 heavy (non-hydrogen) atoms. The predicted octanol–water partition coefficient (Wildman–Crippen LogP) is 2.21. The fraction of sp³-hybridized carbons (Fsp3) is 0.500. The van der Waals surface area contributed by atoms with Gasteiger partial charge in [0.2, 0.25) is 0 Å². The van der Waals surface area contributed by atoms with E-state index in [9.17, 15) is 13.9 Å². The van der Waals surface area contributed by atoms with Gasteiger partial charge in [0.25, 0.3) is 0 Å². The lowest BCUT2D eigenvalue weighted by atomic mass is 9.75. The van der Waals surface area contributed by atoms with Crippen molar-refractivity contribution in [3.8, 4) is 0 Å². The highest BCUT2D eigenvalue weighted by molar-refractivity contribution is 5.31. The van der Waals surface area contributed by atoms with Gasteiger partial charge in [-0.15, -0.1) is 0 Å². The van der Waals surface area contributed by atoms with Crippen molar-refractivity contribution in [2.75, 3.05) is 13.2 Å². The van der Waals surface area contributed by atoms with Gasteiger partial charge in [-0.25, -0.2) is 8.78 Å². The van der Waals surface area contributed by atoms with Crippen molar-refractivity contribution in [1.82, 2.24) is 0 Å². The number of ether oxygens (including phenoxy) is 1. The topological polar surface area (TPSA) is 32.8 Å². The highest BCUT2D eigenvalue weighted by Gasteiger charge is 2.58. The Morgan fingerprint density at radius 2 is 2.06 bits per heavy atom. The molecule has 1 aromatic carbocycles. The van der Waals surface area contributed by atoms with E-state index in [2.05, 4.69) is 0 Å². The largest absolute Gasteiger partial charge is 0.396 e. The van der Waals surface area contributed by atoms with Gasteiger partial charge in [-0.1, -0.05) is 19.9 Å². The summed E-state index contributed by atoms with van der Waals surface area (Å²) in [6.07, 6.45) is 0. The minimum absolute atomic E-state index is 0.121. The maximum Gasteiger partial charge on any atom is 0.132 e. The maximum absolute atomic E-state index is 13.7. The first-order valence-corrected chi connectivity index (χ1v) is 5.13. The van der Waals surface area contributed by atoms with Crippen molar-refractivity contribution in [2.45, 2.75) is 19.4 Å². The number of hydrogen-bond donors (Lipinski definition) is 1. The van der Waals surface area contributed by atoms with E-state index < -0.39 is 22.7 Å². The summed E-state index contributed by atoms with van der Waals surface area (Å²) in [4.78, 5) is 0. The zero-order valence-electron chi connectivity index (χ0n) is 9.26. The van der Waals surface area contributed by atoms with E-state index in [1.54, 1.807) is 13.8 Å². The molecule has 0 radical (unpaired) electrons. The van der Waals surface area contributed by atoms with E-state index in [1.165, 1.54) is 12.1 Å². The third-order valence-electron chi connectivity index (χ3n) is 3.29. The SMILES string of the molecule is CC(C)(CO)C1(c2ccc(F)cc2F)CO1. The first kappa shape index (κ1) is 11.5. The van der Waals surface area contributed by atoms with E-state index in [4.69, 9.17) is 4.74 Å². The molecule has 1 atom stereocenters. The van der Waals surface area contributed by atoms with Gasteiger partial charge in [0.1, 0.15) is 17.2 Å². The molecule has 2 nitrogen and oxygen atoms in total. The molecule has 1 saturated heterocycles. The van der Waals surface area contributed by atoms with E-state index in [-0.39, 0.29) is 6.61 Å². The Kier molecular flexibility index (Phi) is 2.51. The Hall–Kier alpha value is -1.00. The van der Waals surface area contributed by atoms with Crippen molar-refractivity contribution in [2.24, 2.45) is 5.41 Å². The van der Waals surface area contributed by atoms with E-state index >= 15 is 0 Å². The van der Waals surface area contributed by atoms with Crippen LogP contribution in [0.2, 0.25) is 0 Å². The third kappa shape index (κ3) is 1.53. The van der Waals surface area contributed by atoms with Crippen LogP contribution < -0.4 is 0 Å². The van der Waals surface area contributed by atoms with Crippen molar-refractivity contribution >= 4 is 0 Å². The Bertz CT molecular complexity index is 411. The molecule has 1 fully saturated rings. The molecule has 1 aliphatic rings. The van der Waals surface area contributed by atoms with Gasteiger partial charge in [-0.3, -0.25) is 0 Å². The Morgan fingerprint density at radius 1 is 1.44 bits per heavy atom. The molecule has 88 valence electrons. The smallest absolute Gasteiger partial charge is 0.132 e. The number of benzene rings is 1. The van der Waals surface area contributed by atoms with Crippen molar-refractivity contribution in [3.63, 3.8) is 0 Å². The zero-order chi connectivity index (χ0) is 12.0. The Morgan fingerprint density at radius 3 is 2.50 bits per heavy atom. The van der Waals surface area contributed by atoms with Crippen molar-refractivity contribution < 1.29 is 18.6 Å². The summed E-state index contributed by atoms with van der Waals surface area (Å²) >= 11 is 0. The van der Waals surface area contributed by atoms with Gasteiger partial charge in [0.15, 0.2) is 0 Å². The summed E-state index contributed by atoms with van der Waals surface area (Å²) in [7, 11) is 0. The second-order valence-electron chi connectivity index (χ2n) is 4.78. The maximum atomic E-state index is 13.7. The predicted molar refractivity (Wildman–Crippen MR) is 54.9 cm³/mol.